The zero-order valence-corrected chi connectivity index (χ0v) is 9.16. The molecule has 0 atom stereocenters. The number of nitrogens with one attached hydrogen (secondary N) is 2. The van der Waals surface area contributed by atoms with Crippen LogP contribution in [0.5, 0.6) is 0 Å². The Morgan fingerprint density at radius 3 is 2.75 bits per heavy atom. The molecule has 5 heteroatoms. The topological polar surface area (TPSA) is 57.8 Å². The van der Waals surface area contributed by atoms with E-state index in [1.54, 1.807) is 36.7 Å². The summed E-state index contributed by atoms with van der Waals surface area (Å²) in [4.78, 5) is 11.7. The van der Waals surface area contributed by atoms with Crippen LogP contribution in [0.4, 0.5) is 0 Å². The van der Waals surface area contributed by atoms with E-state index in [9.17, 15) is 4.79 Å². The molecule has 0 aliphatic rings. The molecule has 0 spiro atoms. The Morgan fingerprint density at radius 1 is 1.38 bits per heavy atom. The van der Waals surface area contributed by atoms with E-state index in [2.05, 4.69) is 15.5 Å². The van der Waals surface area contributed by atoms with Crippen LogP contribution in [0.1, 0.15) is 15.9 Å². The van der Waals surface area contributed by atoms with Crippen molar-refractivity contribution in [1.29, 1.82) is 0 Å². The summed E-state index contributed by atoms with van der Waals surface area (Å²) in [5.74, 6) is -0.127. The third-order valence-electron chi connectivity index (χ3n) is 2.11. The third-order valence-corrected chi connectivity index (χ3v) is 2.37. The van der Waals surface area contributed by atoms with Crippen molar-refractivity contribution in [3.63, 3.8) is 0 Å². The van der Waals surface area contributed by atoms with Crippen LogP contribution in [0.2, 0.25) is 5.02 Å². The highest BCUT2D eigenvalue weighted by molar-refractivity contribution is 6.30. The summed E-state index contributed by atoms with van der Waals surface area (Å²) in [7, 11) is 0. The number of carbonyl (C=O) groups is 1. The Hall–Kier alpha value is -1.81. The second-order valence-electron chi connectivity index (χ2n) is 3.30. The van der Waals surface area contributed by atoms with E-state index in [0.717, 1.165) is 5.56 Å². The highest BCUT2D eigenvalue weighted by Crippen LogP contribution is 2.09. The molecule has 16 heavy (non-hydrogen) atoms. The summed E-state index contributed by atoms with van der Waals surface area (Å²) in [5.41, 5.74) is 1.52. The van der Waals surface area contributed by atoms with Crippen LogP contribution in [-0.4, -0.2) is 16.1 Å². The number of amides is 1. The van der Waals surface area contributed by atoms with E-state index in [0.29, 0.717) is 17.1 Å². The summed E-state index contributed by atoms with van der Waals surface area (Å²) in [6.45, 7) is 0.456. The van der Waals surface area contributed by atoms with Gasteiger partial charge in [0.05, 0.1) is 6.20 Å². The van der Waals surface area contributed by atoms with Crippen LogP contribution in [0.25, 0.3) is 0 Å². The summed E-state index contributed by atoms with van der Waals surface area (Å²) >= 11 is 5.73. The fourth-order valence-electron chi connectivity index (χ4n) is 1.26. The van der Waals surface area contributed by atoms with E-state index in [4.69, 9.17) is 11.6 Å². The number of halogens is 1. The molecule has 0 fully saturated rings. The van der Waals surface area contributed by atoms with Gasteiger partial charge in [-0.2, -0.15) is 5.10 Å². The van der Waals surface area contributed by atoms with Crippen LogP contribution >= 0.6 is 11.6 Å². The molecule has 1 aromatic carbocycles. The van der Waals surface area contributed by atoms with Crippen LogP contribution in [0.15, 0.2) is 36.7 Å². The SMILES string of the molecule is O=C(NCc1cn[nH]c1)c1ccc(Cl)cc1. The molecule has 1 heterocycles. The standard InChI is InChI=1S/C11H10ClN3O/c12-10-3-1-9(2-4-10)11(16)13-5-8-6-14-15-7-8/h1-4,6-7H,5H2,(H,13,16)(H,14,15). The number of aromatic nitrogens is 2. The van der Waals surface area contributed by atoms with Gasteiger partial charge < -0.3 is 5.32 Å². The predicted molar refractivity (Wildman–Crippen MR) is 61.2 cm³/mol. The van der Waals surface area contributed by atoms with E-state index in [1.165, 1.54) is 0 Å². The molecule has 2 aromatic rings. The molecule has 0 saturated heterocycles. The Labute approximate surface area is 97.6 Å². The minimum absolute atomic E-state index is 0.127. The molecule has 2 rings (SSSR count). The number of hydrogen-bond acceptors (Lipinski definition) is 2. The van der Waals surface area contributed by atoms with Crippen molar-refractivity contribution in [2.45, 2.75) is 6.54 Å². The molecular formula is C11H10ClN3O. The van der Waals surface area contributed by atoms with Gasteiger partial charge in [-0.15, -0.1) is 0 Å². The fourth-order valence-corrected chi connectivity index (χ4v) is 1.39. The minimum Gasteiger partial charge on any atom is -0.348 e. The van der Waals surface area contributed by atoms with Gasteiger partial charge >= 0.3 is 0 Å². The normalized spacial score (nSPS) is 10.1. The average Bonchev–Trinajstić information content (AvgIpc) is 2.80. The molecule has 0 saturated carbocycles. The van der Waals surface area contributed by atoms with E-state index in [-0.39, 0.29) is 5.91 Å². The van der Waals surface area contributed by atoms with Crippen molar-refractivity contribution in [1.82, 2.24) is 15.5 Å². The Balaban J connectivity index is 1.95. The Morgan fingerprint density at radius 2 is 2.12 bits per heavy atom. The summed E-state index contributed by atoms with van der Waals surface area (Å²) in [5, 5.41) is 9.87. The first kappa shape index (κ1) is 10.7. The van der Waals surface area contributed by atoms with Gasteiger partial charge in [0, 0.05) is 28.9 Å². The number of hydrogen-bond donors (Lipinski definition) is 2. The number of carbonyl (C=O) groups excluding carboxylic acids is 1. The number of rotatable bonds is 3. The molecule has 0 aliphatic heterocycles. The molecule has 1 aromatic heterocycles. The van der Waals surface area contributed by atoms with E-state index >= 15 is 0 Å². The number of benzene rings is 1. The first-order valence-electron chi connectivity index (χ1n) is 4.77. The van der Waals surface area contributed by atoms with Gasteiger partial charge in [0.1, 0.15) is 0 Å². The maximum absolute atomic E-state index is 11.7. The monoisotopic (exact) mass is 235 g/mol. The third kappa shape index (κ3) is 2.61. The largest absolute Gasteiger partial charge is 0.348 e. The van der Waals surface area contributed by atoms with Crippen LogP contribution < -0.4 is 5.32 Å². The fraction of sp³-hybridized carbons (Fsp3) is 0.0909. The van der Waals surface area contributed by atoms with Crippen LogP contribution in [-0.2, 0) is 6.54 Å². The van der Waals surface area contributed by atoms with Gasteiger partial charge in [-0.1, -0.05) is 11.6 Å². The minimum atomic E-state index is -0.127. The molecule has 0 unspecified atom stereocenters. The quantitative estimate of drug-likeness (QED) is 0.855. The molecule has 4 nitrogen and oxygen atoms in total. The van der Waals surface area contributed by atoms with Crippen molar-refractivity contribution in [2.24, 2.45) is 0 Å². The first-order valence-corrected chi connectivity index (χ1v) is 5.15. The molecule has 2 N–H and O–H groups in total. The Kier molecular flexibility index (Phi) is 3.22. The van der Waals surface area contributed by atoms with Crippen LogP contribution in [0.3, 0.4) is 0 Å². The van der Waals surface area contributed by atoms with E-state index in [1.807, 2.05) is 0 Å². The summed E-state index contributed by atoms with van der Waals surface area (Å²) in [6.07, 6.45) is 3.41. The first-order chi connectivity index (χ1) is 7.75. The molecule has 1 amide bonds. The van der Waals surface area contributed by atoms with Crippen molar-refractivity contribution < 1.29 is 4.79 Å². The predicted octanol–water partition coefficient (Wildman–Crippen LogP) is 1.99. The highest BCUT2D eigenvalue weighted by Gasteiger charge is 2.04. The number of H-pyrrole nitrogens is 1. The number of nitrogens with zero attached hydrogens (tertiary/aromatic N) is 1. The lowest BCUT2D eigenvalue weighted by Crippen LogP contribution is -2.22. The van der Waals surface area contributed by atoms with Gasteiger partial charge in [-0.3, -0.25) is 9.89 Å². The molecule has 0 aliphatic carbocycles. The van der Waals surface area contributed by atoms with Gasteiger partial charge in [-0.25, -0.2) is 0 Å². The lowest BCUT2D eigenvalue weighted by molar-refractivity contribution is 0.0951. The average molecular weight is 236 g/mol. The van der Waals surface area contributed by atoms with Gasteiger partial charge in [0.25, 0.3) is 5.91 Å². The van der Waals surface area contributed by atoms with Crippen molar-refractivity contribution in [3.05, 3.63) is 52.8 Å². The zero-order valence-electron chi connectivity index (χ0n) is 8.40. The lowest BCUT2D eigenvalue weighted by Gasteiger charge is -2.03. The highest BCUT2D eigenvalue weighted by atomic mass is 35.5. The van der Waals surface area contributed by atoms with Gasteiger partial charge in [-0.05, 0) is 24.3 Å². The maximum Gasteiger partial charge on any atom is 0.251 e. The second kappa shape index (κ2) is 4.81. The smallest absolute Gasteiger partial charge is 0.251 e. The maximum atomic E-state index is 11.7. The van der Waals surface area contributed by atoms with Crippen molar-refractivity contribution in [2.75, 3.05) is 0 Å². The van der Waals surface area contributed by atoms with Crippen molar-refractivity contribution in [3.8, 4) is 0 Å². The lowest BCUT2D eigenvalue weighted by atomic mass is 10.2. The summed E-state index contributed by atoms with van der Waals surface area (Å²) < 4.78 is 0. The molecule has 82 valence electrons. The molecular weight excluding hydrogens is 226 g/mol. The second-order valence-corrected chi connectivity index (χ2v) is 3.73. The zero-order chi connectivity index (χ0) is 11.4. The van der Waals surface area contributed by atoms with Gasteiger partial charge in [0.2, 0.25) is 0 Å². The number of aromatic amines is 1. The van der Waals surface area contributed by atoms with Crippen molar-refractivity contribution >= 4 is 17.5 Å². The van der Waals surface area contributed by atoms with Gasteiger partial charge in [0.15, 0.2) is 0 Å². The van der Waals surface area contributed by atoms with E-state index < -0.39 is 0 Å². The Bertz CT molecular complexity index is 464. The molecule has 0 bridgehead atoms. The summed E-state index contributed by atoms with van der Waals surface area (Å²) in [6, 6.07) is 6.75. The molecule has 0 radical (unpaired) electrons. The van der Waals surface area contributed by atoms with Crippen LogP contribution in [0, 0.1) is 0 Å².